The third-order valence-corrected chi connectivity index (χ3v) is 5.22. The summed E-state index contributed by atoms with van der Waals surface area (Å²) in [4.78, 5) is 18.5. The molecule has 2 heterocycles. The van der Waals surface area contributed by atoms with Crippen LogP contribution in [0.5, 0.6) is 0 Å². The molecule has 2 unspecified atom stereocenters. The number of aromatic nitrogens is 2. The lowest BCUT2D eigenvalue weighted by atomic mass is 9.61. The van der Waals surface area contributed by atoms with Crippen molar-refractivity contribution in [1.82, 2.24) is 10.2 Å². The Hall–Kier alpha value is -1.90. The molecule has 3 rings (SSSR count). The number of nitrogens with zero attached hydrogens (tertiary/aromatic N) is 4. The van der Waals surface area contributed by atoms with Crippen molar-refractivity contribution in [3.8, 4) is 0 Å². The zero-order chi connectivity index (χ0) is 20.5. The van der Waals surface area contributed by atoms with Crippen molar-refractivity contribution in [2.75, 3.05) is 11.4 Å². The highest BCUT2D eigenvalue weighted by atomic mass is 79.9. The van der Waals surface area contributed by atoms with Crippen molar-refractivity contribution >= 4 is 34.1 Å². The molecule has 1 aliphatic carbocycles. The quantitative estimate of drug-likeness (QED) is 0.671. The standard InChI is InChI=1S/C19H23BrF2N4O2/c1-18(2,3)28-17(27)26(15-7-6-14(20)24-25-15)11-19(9-12(21)10-19)16-13(22)5-4-8-23-16/h4-8,12-13,16H,9-11H2,1-3H3/t12-,13?,16?,19-. The molecule has 1 saturated carbocycles. The molecule has 0 spiro atoms. The van der Waals surface area contributed by atoms with E-state index < -0.39 is 35.5 Å². The van der Waals surface area contributed by atoms with E-state index >= 15 is 0 Å². The number of amides is 1. The van der Waals surface area contributed by atoms with Gasteiger partial charge in [0.05, 0.1) is 6.04 Å². The fourth-order valence-corrected chi connectivity index (χ4v) is 3.80. The first-order chi connectivity index (χ1) is 13.1. The van der Waals surface area contributed by atoms with Crippen molar-refractivity contribution in [2.24, 2.45) is 10.4 Å². The third kappa shape index (κ3) is 4.56. The van der Waals surface area contributed by atoms with Crippen molar-refractivity contribution in [1.29, 1.82) is 0 Å². The van der Waals surface area contributed by atoms with Crippen LogP contribution in [0, 0.1) is 5.41 Å². The molecule has 9 heteroatoms. The molecule has 0 saturated heterocycles. The SMILES string of the molecule is CC(C)(C)OC(=O)N(C[C@]1(C2N=CC=CC2F)C[C@H](F)C1)c1ccc(Br)nn1. The number of halogens is 3. The van der Waals surface area contributed by atoms with E-state index in [-0.39, 0.29) is 25.2 Å². The summed E-state index contributed by atoms with van der Waals surface area (Å²) in [6.45, 7) is 5.29. The number of rotatable bonds is 4. The van der Waals surface area contributed by atoms with Crippen LogP contribution in [0.25, 0.3) is 0 Å². The van der Waals surface area contributed by atoms with Gasteiger partial charge in [-0.3, -0.25) is 9.89 Å². The molecule has 0 radical (unpaired) electrons. The lowest BCUT2D eigenvalue weighted by Gasteiger charge is -2.50. The molecule has 2 aliphatic rings. The molecule has 6 nitrogen and oxygen atoms in total. The number of dihydropyridines is 1. The molecule has 1 amide bonds. The maximum Gasteiger partial charge on any atom is 0.416 e. The minimum Gasteiger partial charge on any atom is -0.443 e. The Kier molecular flexibility index (Phi) is 5.84. The third-order valence-electron chi connectivity index (χ3n) is 4.79. The highest BCUT2D eigenvalue weighted by molar-refractivity contribution is 9.10. The summed E-state index contributed by atoms with van der Waals surface area (Å²) < 4.78 is 34.5. The van der Waals surface area contributed by atoms with Gasteiger partial charge in [-0.2, -0.15) is 0 Å². The highest BCUT2D eigenvalue weighted by Crippen LogP contribution is 2.50. The Morgan fingerprint density at radius 3 is 2.57 bits per heavy atom. The van der Waals surface area contributed by atoms with Crippen LogP contribution in [0.4, 0.5) is 19.4 Å². The van der Waals surface area contributed by atoms with E-state index in [1.165, 1.54) is 23.3 Å². The molecule has 0 N–H and O–H groups in total. The van der Waals surface area contributed by atoms with Gasteiger partial charge in [0.2, 0.25) is 0 Å². The fourth-order valence-electron chi connectivity index (χ4n) is 3.59. The molecule has 2 atom stereocenters. The van der Waals surface area contributed by atoms with Crippen LogP contribution in [0.1, 0.15) is 33.6 Å². The van der Waals surface area contributed by atoms with E-state index in [1.54, 1.807) is 32.9 Å². The minimum atomic E-state index is -1.34. The summed E-state index contributed by atoms with van der Waals surface area (Å²) in [7, 11) is 0. The van der Waals surface area contributed by atoms with Crippen LogP contribution >= 0.6 is 15.9 Å². The van der Waals surface area contributed by atoms with Crippen LogP contribution in [0.2, 0.25) is 0 Å². The monoisotopic (exact) mass is 456 g/mol. The number of ether oxygens (including phenoxy) is 1. The Morgan fingerprint density at radius 2 is 2.04 bits per heavy atom. The lowest BCUT2D eigenvalue weighted by molar-refractivity contribution is -0.00975. The van der Waals surface area contributed by atoms with Crippen LogP contribution in [-0.4, -0.2) is 53.0 Å². The minimum absolute atomic E-state index is 0.0366. The normalized spacial score (nSPS) is 29.3. The number of hydrogen-bond donors (Lipinski definition) is 0. The van der Waals surface area contributed by atoms with Gasteiger partial charge >= 0.3 is 6.09 Å². The number of hydrogen-bond acceptors (Lipinski definition) is 5. The Balaban J connectivity index is 1.92. The van der Waals surface area contributed by atoms with E-state index in [2.05, 4.69) is 31.1 Å². The van der Waals surface area contributed by atoms with Crippen molar-refractivity contribution in [2.45, 2.75) is 57.6 Å². The van der Waals surface area contributed by atoms with Crippen LogP contribution in [-0.2, 0) is 4.74 Å². The van der Waals surface area contributed by atoms with Gasteiger partial charge < -0.3 is 4.74 Å². The maximum absolute atomic E-state index is 14.6. The predicted molar refractivity (Wildman–Crippen MR) is 106 cm³/mol. The van der Waals surface area contributed by atoms with Crippen molar-refractivity contribution in [3.63, 3.8) is 0 Å². The molecule has 1 aromatic rings. The summed E-state index contributed by atoms with van der Waals surface area (Å²) in [5.74, 6) is 0.255. The molecule has 0 bridgehead atoms. The molecular weight excluding hydrogens is 434 g/mol. The molecule has 1 fully saturated rings. The van der Waals surface area contributed by atoms with Crippen molar-refractivity contribution < 1.29 is 18.3 Å². The van der Waals surface area contributed by atoms with Gasteiger partial charge in [-0.25, -0.2) is 13.6 Å². The average Bonchev–Trinajstić information content (AvgIpc) is 2.57. The molecular formula is C19H23BrF2N4O2. The second kappa shape index (κ2) is 7.85. The van der Waals surface area contributed by atoms with E-state index in [9.17, 15) is 13.6 Å². The maximum atomic E-state index is 14.6. The van der Waals surface area contributed by atoms with E-state index in [0.717, 1.165) is 0 Å². The number of allylic oxidation sites excluding steroid dienone is 1. The molecule has 1 aliphatic heterocycles. The first kappa shape index (κ1) is 20.8. The van der Waals surface area contributed by atoms with Crippen LogP contribution in [0.3, 0.4) is 0 Å². The predicted octanol–water partition coefficient (Wildman–Crippen LogP) is 4.45. The molecule has 28 heavy (non-hydrogen) atoms. The topological polar surface area (TPSA) is 67.7 Å². The molecule has 1 aromatic heterocycles. The van der Waals surface area contributed by atoms with Gasteiger partial charge in [0.1, 0.15) is 22.5 Å². The Labute approximate surface area is 171 Å². The summed E-state index contributed by atoms with van der Waals surface area (Å²) in [5, 5.41) is 7.97. The lowest BCUT2D eigenvalue weighted by Crippen LogP contribution is -2.58. The largest absolute Gasteiger partial charge is 0.443 e. The van der Waals surface area contributed by atoms with Gasteiger partial charge in [0.25, 0.3) is 0 Å². The number of carbonyl (C=O) groups is 1. The van der Waals surface area contributed by atoms with Gasteiger partial charge in [-0.05, 0) is 73.8 Å². The van der Waals surface area contributed by atoms with E-state index in [4.69, 9.17) is 4.74 Å². The van der Waals surface area contributed by atoms with Gasteiger partial charge in [-0.1, -0.05) is 0 Å². The number of anilines is 1. The second-order valence-electron chi connectivity index (χ2n) is 8.22. The first-order valence-electron chi connectivity index (χ1n) is 9.07. The zero-order valence-corrected chi connectivity index (χ0v) is 17.6. The first-order valence-corrected chi connectivity index (χ1v) is 9.87. The van der Waals surface area contributed by atoms with Crippen LogP contribution in [0.15, 0.2) is 33.9 Å². The summed E-state index contributed by atoms with van der Waals surface area (Å²) >= 11 is 3.21. The van der Waals surface area contributed by atoms with E-state index in [1.807, 2.05) is 0 Å². The zero-order valence-electron chi connectivity index (χ0n) is 16.0. The Bertz CT molecular complexity index is 773. The summed E-state index contributed by atoms with van der Waals surface area (Å²) in [6, 6.07) is 2.49. The molecule has 0 aromatic carbocycles. The average molecular weight is 457 g/mol. The van der Waals surface area contributed by atoms with Crippen LogP contribution < -0.4 is 4.90 Å². The summed E-state index contributed by atoms with van der Waals surface area (Å²) in [5.41, 5.74) is -1.58. The number of aliphatic imine (C=N–C) groups is 1. The van der Waals surface area contributed by atoms with Gasteiger partial charge in [-0.15, -0.1) is 10.2 Å². The van der Waals surface area contributed by atoms with Gasteiger partial charge in [0, 0.05) is 18.2 Å². The van der Waals surface area contributed by atoms with Gasteiger partial charge in [0.15, 0.2) is 5.82 Å². The Morgan fingerprint density at radius 1 is 1.32 bits per heavy atom. The summed E-state index contributed by atoms with van der Waals surface area (Å²) in [6.07, 6.45) is 1.66. The second-order valence-corrected chi connectivity index (χ2v) is 9.03. The van der Waals surface area contributed by atoms with E-state index in [0.29, 0.717) is 4.60 Å². The highest BCUT2D eigenvalue weighted by Gasteiger charge is 2.54. The molecule has 152 valence electrons. The van der Waals surface area contributed by atoms with Crippen molar-refractivity contribution in [3.05, 3.63) is 28.9 Å². The fraction of sp³-hybridized carbons (Fsp3) is 0.579. The number of carbonyl (C=O) groups excluding carboxylic acids is 1. The smallest absolute Gasteiger partial charge is 0.416 e. The number of alkyl halides is 2.